The molecule has 3 atom stereocenters. The van der Waals surface area contributed by atoms with Crippen LogP contribution in [-0.4, -0.2) is 21.4 Å². The van der Waals surface area contributed by atoms with Gasteiger partial charge in [-0.15, -0.1) is 15.9 Å². The number of fused-ring (bicyclic) bond motifs is 1. The van der Waals surface area contributed by atoms with Crippen LogP contribution in [0.5, 0.6) is 0 Å². The summed E-state index contributed by atoms with van der Waals surface area (Å²) in [5.41, 5.74) is 3.57. The molecule has 3 aromatic rings. The fraction of sp³-hybridized carbons (Fsp3) is 0.333. The number of hydrogen-bond acceptors (Lipinski definition) is 4. The van der Waals surface area contributed by atoms with Crippen molar-refractivity contribution in [2.75, 3.05) is 0 Å². The van der Waals surface area contributed by atoms with Crippen LogP contribution in [0.1, 0.15) is 54.8 Å². The van der Waals surface area contributed by atoms with Gasteiger partial charge < -0.3 is 4.89 Å². The highest BCUT2D eigenvalue weighted by atomic mass is 31.2. The largest absolute Gasteiger partial charge is 0.636 e. The minimum absolute atomic E-state index is 0.0590. The van der Waals surface area contributed by atoms with Gasteiger partial charge in [0.2, 0.25) is 0 Å². The first-order valence-corrected chi connectivity index (χ1v) is 14.5. The quantitative estimate of drug-likeness (QED) is 0.287. The van der Waals surface area contributed by atoms with E-state index in [0.717, 1.165) is 24.8 Å². The molecule has 182 valence electrons. The third kappa shape index (κ3) is 5.28. The Morgan fingerprint density at radius 1 is 0.800 bits per heavy atom. The highest BCUT2D eigenvalue weighted by molar-refractivity contribution is 7.62. The van der Waals surface area contributed by atoms with Gasteiger partial charge in [0, 0.05) is 0 Å². The number of benzene rings is 3. The second-order valence-electron chi connectivity index (χ2n) is 9.75. The Labute approximate surface area is 210 Å². The Bertz CT molecular complexity index is 1020. The maximum absolute atomic E-state index is 15.4. The Morgan fingerprint density at radius 2 is 1.26 bits per heavy atom. The summed E-state index contributed by atoms with van der Waals surface area (Å²) in [5, 5.41) is 3.74. The van der Waals surface area contributed by atoms with E-state index >= 15 is 4.89 Å². The smallest absolute Gasteiger partial charge is 0.184 e. The van der Waals surface area contributed by atoms with Crippen LogP contribution in [0.2, 0.25) is 0 Å². The zero-order valence-corrected chi connectivity index (χ0v) is 21.3. The van der Waals surface area contributed by atoms with Crippen LogP contribution in [-0.2, 0) is 13.1 Å². The first-order chi connectivity index (χ1) is 17.2. The molecule has 1 aliphatic carbocycles. The third-order valence-electron chi connectivity index (χ3n) is 7.46. The highest BCUT2D eigenvalue weighted by Gasteiger charge is 2.59. The Kier molecular flexibility index (Phi) is 7.77. The van der Waals surface area contributed by atoms with Gasteiger partial charge in [-0.25, -0.2) is 0 Å². The molecule has 1 aliphatic heterocycles. The molecule has 2 aliphatic rings. The van der Waals surface area contributed by atoms with Crippen molar-refractivity contribution in [2.45, 2.75) is 63.3 Å². The van der Waals surface area contributed by atoms with Gasteiger partial charge in [-0.3, -0.25) is 0 Å². The molecule has 2 fully saturated rings. The van der Waals surface area contributed by atoms with E-state index in [1.54, 1.807) is 0 Å². The lowest BCUT2D eigenvalue weighted by Gasteiger charge is -2.42. The fourth-order valence-electron chi connectivity index (χ4n) is 5.77. The molecule has 1 saturated heterocycles. The molecule has 0 unspecified atom stereocenters. The van der Waals surface area contributed by atoms with Crippen LogP contribution >= 0.6 is 7.94 Å². The number of hydrogen-bond donors (Lipinski definition) is 1. The number of nitrogens with one attached hydrogen (secondary N) is 1. The van der Waals surface area contributed by atoms with E-state index in [-0.39, 0.29) is 18.1 Å². The predicted molar refractivity (Wildman–Crippen MR) is 144 cm³/mol. The average molecular weight is 486 g/mol. The maximum atomic E-state index is 15.4. The fourth-order valence-corrected chi connectivity index (χ4v) is 9.08. The summed E-state index contributed by atoms with van der Waals surface area (Å²) < 4.78 is 4.66. The van der Waals surface area contributed by atoms with Crippen molar-refractivity contribution in [3.05, 3.63) is 120 Å². The molecule has 0 aromatic heterocycles. The minimum Gasteiger partial charge on any atom is -0.636 e. The van der Waals surface area contributed by atoms with Crippen LogP contribution < -0.4 is 9.98 Å². The monoisotopic (exact) mass is 485 g/mol. The van der Waals surface area contributed by atoms with Crippen molar-refractivity contribution in [1.29, 1.82) is 0 Å². The lowest BCUT2D eigenvalue weighted by molar-refractivity contribution is -0.196. The van der Waals surface area contributed by atoms with Crippen molar-refractivity contribution in [3.63, 3.8) is 0 Å². The summed E-state index contributed by atoms with van der Waals surface area (Å²) in [5.74, 6) is 0. The van der Waals surface area contributed by atoms with Crippen LogP contribution in [0.15, 0.2) is 104 Å². The van der Waals surface area contributed by atoms with Crippen molar-refractivity contribution in [1.82, 2.24) is 14.4 Å². The molecule has 35 heavy (non-hydrogen) atoms. The SMILES string of the molecule is C=CC[C@@H](N[P+]1([O-])N(Cc2ccccc2)[C@@H]2CCCC[C@H]2N1Cc1ccccc1)c1ccccc1. The third-order valence-corrected chi connectivity index (χ3v) is 10.4. The van der Waals surface area contributed by atoms with E-state index in [9.17, 15) is 0 Å². The van der Waals surface area contributed by atoms with E-state index in [1.807, 2.05) is 24.3 Å². The summed E-state index contributed by atoms with van der Waals surface area (Å²) in [6.45, 7) is 5.39. The van der Waals surface area contributed by atoms with Crippen molar-refractivity contribution in [3.8, 4) is 0 Å². The van der Waals surface area contributed by atoms with E-state index in [0.29, 0.717) is 13.1 Å². The number of rotatable bonds is 9. The average Bonchev–Trinajstić information content (AvgIpc) is 3.13. The summed E-state index contributed by atoms with van der Waals surface area (Å²) in [6, 6.07) is 31.9. The first-order valence-electron chi connectivity index (χ1n) is 12.8. The minimum atomic E-state index is -3.11. The maximum Gasteiger partial charge on any atom is 0.184 e. The van der Waals surface area contributed by atoms with Crippen LogP contribution in [0.3, 0.4) is 0 Å². The van der Waals surface area contributed by atoms with E-state index in [1.165, 1.54) is 24.0 Å². The summed E-state index contributed by atoms with van der Waals surface area (Å²) in [4.78, 5) is 15.4. The van der Waals surface area contributed by atoms with Gasteiger partial charge in [-0.2, -0.15) is 5.09 Å². The molecular formula is C30H36N3OP. The van der Waals surface area contributed by atoms with E-state index in [2.05, 4.69) is 93.8 Å². The van der Waals surface area contributed by atoms with Gasteiger partial charge in [-0.1, -0.05) is 110 Å². The Hall–Kier alpha value is -2.33. The molecule has 1 heterocycles. The molecule has 3 aromatic carbocycles. The highest BCUT2D eigenvalue weighted by Crippen LogP contribution is 2.66. The molecule has 5 rings (SSSR count). The van der Waals surface area contributed by atoms with Crippen molar-refractivity contribution >= 4 is 7.94 Å². The zero-order chi connectivity index (χ0) is 24.1. The second kappa shape index (κ2) is 11.2. The van der Waals surface area contributed by atoms with Crippen LogP contribution in [0, 0.1) is 0 Å². The molecule has 0 radical (unpaired) electrons. The molecule has 4 nitrogen and oxygen atoms in total. The lowest BCUT2D eigenvalue weighted by Crippen LogP contribution is -2.44. The van der Waals surface area contributed by atoms with Gasteiger partial charge in [0.1, 0.15) is 0 Å². The van der Waals surface area contributed by atoms with Crippen LogP contribution in [0.4, 0.5) is 0 Å². The van der Waals surface area contributed by atoms with Gasteiger partial charge in [0.15, 0.2) is 7.94 Å². The summed E-state index contributed by atoms with van der Waals surface area (Å²) in [7, 11) is -3.11. The van der Waals surface area contributed by atoms with Crippen LogP contribution in [0.25, 0.3) is 0 Å². The molecule has 0 spiro atoms. The van der Waals surface area contributed by atoms with Crippen molar-refractivity contribution < 1.29 is 4.89 Å². The number of nitrogens with zero attached hydrogens (tertiary/aromatic N) is 2. The molecular weight excluding hydrogens is 449 g/mol. The van der Waals surface area contributed by atoms with Gasteiger partial charge >= 0.3 is 0 Å². The summed E-state index contributed by atoms with van der Waals surface area (Å²) >= 11 is 0. The van der Waals surface area contributed by atoms with Gasteiger partial charge in [0.25, 0.3) is 0 Å². The van der Waals surface area contributed by atoms with E-state index < -0.39 is 7.94 Å². The zero-order valence-electron chi connectivity index (χ0n) is 20.4. The van der Waals surface area contributed by atoms with Gasteiger partial charge in [0.05, 0.1) is 31.2 Å². The first kappa shape index (κ1) is 24.4. The molecule has 1 N–H and O–H groups in total. The lowest BCUT2D eigenvalue weighted by atomic mass is 9.90. The van der Waals surface area contributed by atoms with E-state index in [4.69, 9.17) is 0 Å². The molecule has 1 saturated carbocycles. The molecule has 0 amide bonds. The second-order valence-corrected chi connectivity index (χ2v) is 12.1. The van der Waals surface area contributed by atoms with Gasteiger partial charge in [-0.05, 0) is 36.0 Å². The Morgan fingerprint density at radius 3 is 1.71 bits per heavy atom. The standard InChI is InChI=1S/C30H36N3OP/c1-2-14-28(27-19-10-5-11-20-27)31-35(34)32(23-25-15-6-3-7-16-25)29-21-12-13-22-30(29)33(35)24-26-17-8-4-9-18-26/h2-11,15-20,28-30H,1,12-14,21-24H2,(H,31,34)/t28-,29-,30-/m1/s1. The van der Waals surface area contributed by atoms with Crippen molar-refractivity contribution in [2.24, 2.45) is 0 Å². The predicted octanol–water partition coefficient (Wildman–Crippen LogP) is 6.26. The molecule has 5 heteroatoms. The normalized spacial score (nSPS) is 23.0. The summed E-state index contributed by atoms with van der Waals surface area (Å²) in [6.07, 6.45) is 7.23. The molecule has 0 bridgehead atoms. The topological polar surface area (TPSA) is 41.6 Å². The Balaban J connectivity index is 1.55.